The largest absolute Gasteiger partial charge is 0.573 e. The van der Waals surface area contributed by atoms with Crippen molar-refractivity contribution >= 4 is 29.9 Å². The number of aliphatic hydroxyl groups is 1. The highest BCUT2D eigenvalue weighted by Crippen LogP contribution is 2.23. The molecule has 1 unspecified atom stereocenters. The highest BCUT2D eigenvalue weighted by atomic mass is 127. The van der Waals surface area contributed by atoms with Crippen molar-refractivity contribution in [3.8, 4) is 5.75 Å². The molecule has 0 aliphatic heterocycles. The van der Waals surface area contributed by atoms with Crippen LogP contribution in [0.15, 0.2) is 29.3 Å². The van der Waals surface area contributed by atoms with Gasteiger partial charge in [0.15, 0.2) is 5.96 Å². The molecule has 0 saturated carbocycles. The van der Waals surface area contributed by atoms with Gasteiger partial charge in [-0.2, -0.15) is 0 Å². The van der Waals surface area contributed by atoms with Crippen LogP contribution in [0.5, 0.6) is 5.75 Å². The zero-order valence-electron chi connectivity index (χ0n) is 15.4. The molecule has 6 nitrogen and oxygen atoms in total. The summed E-state index contributed by atoms with van der Waals surface area (Å²) >= 11 is 0. The third-order valence-electron chi connectivity index (χ3n) is 3.39. The lowest BCUT2D eigenvalue weighted by Gasteiger charge is -2.15. The molecule has 0 bridgehead atoms. The number of aliphatic hydroxyl groups excluding tert-OH is 1. The molecule has 0 fully saturated rings. The van der Waals surface area contributed by atoms with Crippen LogP contribution in [0.3, 0.4) is 0 Å². The number of halogens is 4. The van der Waals surface area contributed by atoms with Crippen molar-refractivity contribution in [3.05, 3.63) is 29.8 Å². The maximum Gasteiger partial charge on any atom is 0.573 e. The van der Waals surface area contributed by atoms with Crippen molar-refractivity contribution < 1.29 is 27.8 Å². The Balaban J connectivity index is 0.00000676. The lowest BCUT2D eigenvalue weighted by molar-refractivity contribution is -0.274. The third-order valence-corrected chi connectivity index (χ3v) is 3.39. The molecule has 10 heteroatoms. The summed E-state index contributed by atoms with van der Waals surface area (Å²) in [6, 6.07) is 5.62. The number of guanidine groups is 1. The van der Waals surface area contributed by atoms with E-state index in [1.807, 2.05) is 6.92 Å². The number of benzene rings is 1. The molecule has 0 aliphatic rings. The van der Waals surface area contributed by atoms with E-state index in [1.165, 1.54) is 12.1 Å². The summed E-state index contributed by atoms with van der Waals surface area (Å²) in [5, 5.41) is 15.7. The maximum absolute atomic E-state index is 12.2. The molecule has 0 heterocycles. The number of hydrogen-bond acceptors (Lipinski definition) is 4. The molecule has 0 saturated heterocycles. The predicted molar refractivity (Wildman–Crippen MR) is 109 cm³/mol. The first kappa shape index (κ1) is 25.7. The summed E-state index contributed by atoms with van der Waals surface area (Å²) in [6.07, 6.45) is -4.22. The number of hydrogen-bond donors (Lipinski definition) is 3. The van der Waals surface area contributed by atoms with Gasteiger partial charge in [0.05, 0.1) is 6.61 Å². The van der Waals surface area contributed by atoms with E-state index in [0.29, 0.717) is 38.6 Å². The Kier molecular flexibility index (Phi) is 13.2. The van der Waals surface area contributed by atoms with Gasteiger partial charge in [-0.15, -0.1) is 37.1 Å². The quantitative estimate of drug-likeness (QED) is 0.197. The van der Waals surface area contributed by atoms with Gasteiger partial charge in [0.1, 0.15) is 5.75 Å². The van der Waals surface area contributed by atoms with E-state index in [-0.39, 0.29) is 42.3 Å². The van der Waals surface area contributed by atoms with Crippen molar-refractivity contribution in [3.63, 3.8) is 0 Å². The first-order valence-electron chi connectivity index (χ1n) is 8.34. The summed E-state index contributed by atoms with van der Waals surface area (Å²) in [7, 11) is 1.61. The van der Waals surface area contributed by atoms with Crippen molar-refractivity contribution in [1.82, 2.24) is 10.6 Å². The summed E-state index contributed by atoms with van der Waals surface area (Å²) in [4.78, 5) is 4.42. The SMILES string of the molecule is CCNC(=NCC(CO)Cc1ccc(OC(F)(F)F)cc1)NCCOC.I. The summed E-state index contributed by atoms with van der Waals surface area (Å²) in [5.74, 6) is 0.204. The first-order chi connectivity index (χ1) is 12.4. The van der Waals surface area contributed by atoms with E-state index in [0.717, 1.165) is 5.56 Å². The molecular formula is C17H27F3IN3O3. The molecule has 1 rings (SSSR count). The van der Waals surface area contributed by atoms with Crippen molar-refractivity contribution in [2.45, 2.75) is 19.7 Å². The normalized spacial score (nSPS) is 12.9. The lowest BCUT2D eigenvalue weighted by atomic mass is 10.0. The standard InChI is InChI=1S/C17H26F3N3O3.HI/c1-3-21-16(22-8-9-25-2)23-11-14(12-24)10-13-4-6-15(7-5-13)26-17(18,19)20;/h4-7,14,24H,3,8-12H2,1-2H3,(H2,21,22,23);1H. The molecule has 0 spiro atoms. The number of aliphatic imine (C=N–C) groups is 1. The van der Waals surface area contributed by atoms with Crippen LogP contribution in [0.4, 0.5) is 13.2 Å². The summed E-state index contributed by atoms with van der Waals surface area (Å²) in [6.45, 7) is 4.08. The molecule has 1 atom stereocenters. The monoisotopic (exact) mass is 505 g/mol. The van der Waals surface area contributed by atoms with E-state index in [2.05, 4.69) is 20.4 Å². The van der Waals surface area contributed by atoms with E-state index in [4.69, 9.17) is 4.74 Å². The molecule has 1 aromatic rings. The fourth-order valence-corrected chi connectivity index (χ4v) is 2.18. The van der Waals surface area contributed by atoms with Gasteiger partial charge in [-0.1, -0.05) is 12.1 Å². The fraction of sp³-hybridized carbons (Fsp3) is 0.588. The Bertz CT molecular complexity index is 542. The molecular weight excluding hydrogens is 478 g/mol. The second kappa shape index (κ2) is 13.8. The van der Waals surface area contributed by atoms with Crippen LogP contribution < -0.4 is 15.4 Å². The van der Waals surface area contributed by atoms with Crippen molar-refractivity contribution in [2.75, 3.05) is 40.0 Å². The third kappa shape index (κ3) is 11.9. The van der Waals surface area contributed by atoms with Crippen LogP contribution in [0.2, 0.25) is 0 Å². The van der Waals surface area contributed by atoms with Gasteiger partial charge in [-0.25, -0.2) is 0 Å². The summed E-state index contributed by atoms with van der Waals surface area (Å²) in [5.41, 5.74) is 0.797. The molecule has 0 aliphatic carbocycles. The van der Waals surface area contributed by atoms with E-state index in [1.54, 1.807) is 19.2 Å². The number of nitrogens with one attached hydrogen (secondary N) is 2. The topological polar surface area (TPSA) is 75.1 Å². The molecule has 0 amide bonds. The van der Waals surface area contributed by atoms with Gasteiger partial charge in [-0.3, -0.25) is 4.99 Å². The molecule has 0 aromatic heterocycles. The van der Waals surface area contributed by atoms with E-state index >= 15 is 0 Å². The van der Waals surface area contributed by atoms with Gasteiger partial charge < -0.3 is 25.2 Å². The van der Waals surface area contributed by atoms with E-state index in [9.17, 15) is 18.3 Å². The second-order valence-electron chi connectivity index (χ2n) is 5.58. The first-order valence-corrected chi connectivity index (χ1v) is 8.34. The minimum Gasteiger partial charge on any atom is -0.406 e. The van der Waals surface area contributed by atoms with E-state index < -0.39 is 6.36 Å². The van der Waals surface area contributed by atoms with Crippen molar-refractivity contribution in [2.24, 2.45) is 10.9 Å². The lowest BCUT2D eigenvalue weighted by Crippen LogP contribution is -2.39. The summed E-state index contributed by atoms with van der Waals surface area (Å²) < 4.78 is 45.3. The van der Waals surface area contributed by atoms with Crippen molar-refractivity contribution in [1.29, 1.82) is 0 Å². The predicted octanol–water partition coefficient (Wildman–Crippen LogP) is 2.56. The average molecular weight is 505 g/mol. The van der Waals surface area contributed by atoms with Crippen LogP contribution in [-0.4, -0.2) is 57.4 Å². The second-order valence-corrected chi connectivity index (χ2v) is 5.58. The highest BCUT2D eigenvalue weighted by Gasteiger charge is 2.30. The smallest absolute Gasteiger partial charge is 0.406 e. The molecule has 0 radical (unpaired) electrons. The van der Waals surface area contributed by atoms with Gasteiger partial charge in [-0.05, 0) is 31.0 Å². The number of ether oxygens (including phenoxy) is 2. The van der Waals surface area contributed by atoms with Crippen LogP contribution in [0.1, 0.15) is 12.5 Å². The highest BCUT2D eigenvalue weighted by molar-refractivity contribution is 14.0. The Hall–Kier alpha value is -1.27. The van der Waals surface area contributed by atoms with Gasteiger partial charge in [0.25, 0.3) is 0 Å². The minimum atomic E-state index is -4.71. The number of methoxy groups -OCH3 is 1. The zero-order valence-corrected chi connectivity index (χ0v) is 17.7. The average Bonchev–Trinajstić information content (AvgIpc) is 2.58. The van der Waals surface area contributed by atoms with Crippen LogP contribution in [-0.2, 0) is 11.2 Å². The maximum atomic E-state index is 12.2. The van der Waals surface area contributed by atoms with Crippen LogP contribution in [0.25, 0.3) is 0 Å². The molecule has 27 heavy (non-hydrogen) atoms. The Morgan fingerprint density at radius 1 is 1.22 bits per heavy atom. The van der Waals surface area contributed by atoms with Crippen LogP contribution >= 0.6 is 24.0 Å². The van der Waals surface area contributed by atoms with Gasteiger partial charge in [0.2, 0.25) is 0 Å². The van der Waals surface area contributed by atoms with Crippen LogP contribution in [0, 0.1) is 5.92 Å². The molecule has 3 N–H and O–H groups in total. The Morgan fingerprint density at radius 3 is 2.41 bits per heavy atom. The van der Waals surface area contributed by atoms with Gasteiger partial charge in [0, 0.05) is 39.3 Å². The number of alkyl halides is 3. The molecule has 156 valence electrons. The number of rotatable bonds is 10. The number of nitrogens with zero attached hydrogens (tertiary/aromatic N) is 1. The minimum absolute atomic E-state index is 0. The fourth-order valence-electron chi connectivity index (χ4n) is 2.18. The Morgan fingerprint density at radius 2 is 1.89 bits per heavy atom. The zero-order chi connectivity index (χ0) is 19.4. The Labute approximate surface area is 174 Å². The van der Waals surface area contributed by atoms with Gasteiger partial charge >= 0.3 is 6.36 Å². The molecule has 1 aromatic carbocycles.